The summed E-state index contributed by atoms with van der Waals surface area (Å²) >= 11 is 0. The second kappa shape index (κ2) is 10.1. The number of halogens is 1. The van der Waals surface area contributed by atoms with E-state index in [2.05, 4.69) is 15.3 Å². The predicted molar refractivity (Wildman–Crippen MR) is 122 cm³/mol. The highest BCUT2D eigenvalue weighted by molar-refractivity contribution is 6.07. The number of methoxy groups -OCH3 is 2. The van der Waals surface area contributed by atoms with Crippen molar-refractivity contribution < 1.29 is 14.3 Å². The maximum absolute atomic E-state index is 13.2. The zero-order valence-corrected chi connectivity index (χ0v) is 18.7. The quantitative estimate of drug-likeness (QED) is 0.590. The molecule has 2 aromatic heterocycles. The van der Waals surface area contributed by atoms with Crippen molar-refractivity contribution in [2.75, 3.05) is 32.6 Å². The number of aromatic nitrogens is 2. The first-order valence-corrected chi connectivity index (χ1v) is 9.57. The molecule has 0 bridgehead atoms. The lowest BCUT2D eigenvalue weighted by Crippen LogP contribution is -2.31. The summed E-state index contributed by atoms with van der Waals surface area (Å²) in [6.45, 7) is 7.05. The molecule has 0 radical (unpaired) electrons. The van der Waals surface area contributed by atoms with Crippen LogP contribution in [0.25, 0.3) is 11.0 Å². The molecule has 0 aliphatic heterocycles. The number of carbonyl (C=O) groups is 1. The van der Waals surface area contributed by atoms with Gasteiger partial charge in [-0.1, -0.05) is 0 Å². The minimum Gasteiger partial charge on any atom is -0.497 e. The van der Waals surface area contributed by atoms with Crippen molar-refractivity contribution in [1.82, 2.24) is 14.9 Å². The van der Waals surface area contributed by atoms with Gasteiger partial charge in [0, 0.05) is 36.4 Å². The Kier molecular flexibility index (Phi) is 7.83. The molecular formula is C22H27ClN4O3. The molecule has 0 aliphatic carbocycles. The average molecular weight is 431 g/mol. The van der Waals surface area contributed by atoms with Gasteiger partial charge in [-0.2, -0.15) is 0 Å². The van der Waals surface area contributed by atoms with E-state index in [1.165, 1.54) is 0 Å². The van der Waals surface area contributed by atoms with Crippen molar-refractivity contribution in [3.63, 3.8) is 0 Å². The van der Waals surface area contributed by atoms with Crippen LogP contribution in [0.1, 0.15) is 29.9 Å². The van der Waals surface area contributed by atoms with Gasteiger partial charge in [-0.15, -0.1) is 12.4 Å². The first-order chi connectivity index (χ1) is 14.0. The van der Waals surface area contributed by atoms with E-state index in [9.17, 15) is 4.79 Å². The highest BCUT2D eigenvalue weighted by Gasteiger charge is 2.21. The van der Waals surface area contributed by atoms with Crippen LogP contribution in [0.15, 0.2) is 36.5 Å². The van der Waals surface area contributed by atoms with Crippen molar-refractivity contribution >= 4 is 40.7 Å². The number of nitrogens with one attached hydrogen (secondary N) is 1. The largest absolute Gasteiger partial charge is 0.497 e. The first-order valence-electron chi connectivity index (χ1n) is 9.57. The minimum absolute atomic E-state index is 0. The Bertz CT molecular complexity index is 1040. The second-order valence-electron chi connectivity index (χ2n) is 6.54. The van der Waals surface area contributed by atoms with E-state index in [4.69, 9.17) is 9.47 Å². The number of nitrogens with zero attached hydrogens (tertiary/aromatic N) is 3. The summed E-state index contributed by atoms with van der Waals surface area (Å²) in [5.74, 6) is 1.23. The number of anilines is 2. The summed E-state index contributed by atoms with van der Waals surface area (Å²) in [4.78, 5) is 23.9. The van der Waals surface area contributed by atoms with Crippen LogP contribution in [-0.4, -0.2) is 48.1 Å². The molecule has 0 atom stereocenters. The Morgan fingerprint density at radius 3 is 2.47 bits per heavy atom. The van der Waals surface area contributed by atoms with E-state index in [0.717, 1.165) is 11.1 Å². The Labute approximate surface area is 182 Å². The van der Waals surface area contributed by atoms with Crippen molar-refractivity contribution in [2.24, 2.45) is 0 Å². The maximum atomic E-state index is 13.2. The van der Waals surface area contributed by atoms with Gasteiger partial charge in [0.2, 0.25) is 0 Å². The molecule has 8 heteroatoms. The standard InChI is InChI=1S/C22H26N4O3.ClH/c1-6-26(7-2)22(27)17-13-23-21-16(10-8-14(3)24-21)20(17)25-18-12-15(28-4)9-11-19(18)29-5;/h8-13H,6-7H2,1-5H3,(H,23,24,25);1H. The fourth-order valence-electron chi connectivity index (χ4n) is 3.20. The van der Waals surface area contributed by atoms with E-state index < -0.39 is 0 Å². The molecule has 1 N–H and O–H groups in total. The normalized spacial score (nSPS) is 10.3. The molecule has 7 nitrogen and oxygen atoms in total. The number of fused-ring (bicyclic) bond motifs is 1. The van der Waals surface area contributed by atoms with Gasteiger partial charge >= 0.3 is 0 Å². The van der Waals surface area contributed by atoms with Crippen LogP contribution in [0.4, 0.5) is 11.4 Å². The van der Waals surface area contributed by atoms with Gasteiger partial charge in [0.15, 0.2) is 5.65 Å². The molecule has 0 fully saturated rings. The number of ether oxygens (including phenoxy) is 2. The van der Waals surface area contributed by atoms with Gasteiger partial charge < -0.3 is 19.7 Å². The molecule has 0 unspecified atom stereocenters. The van der Waals surface area contributed by atoms with Crippen LogP contribution in [0.3, 0.4) is 0 Å². The van der Waals surface area contributed by atoms with E-state index in [1.54, 1.807) is 25.3 Å². The van der Waals surface area contributed by atoms with Crippen LogP contribution < -0.4 is 14.8 Å². The van der Waals surface area contributed by atoms with E-state index in [0.29, 0.717) is 47.2 Å². The van der Waals surface area contributed by atoms with Gasteiger partial charge in [-0.25, -0.2) is 9.97 Å². The molecule has 160 valence electrons. The Balaban J connectivity index is 0.00000320. The number of benzene rings is 1. The Morgan fingerprint density at radius 1 is 1.10 bits per heavy atom. The molecule has 3 aromatic rings. The third kappa shape index (κ3) is 4.57. The van der Waals surface area contributed by atoms with Crippen LogP contribution in [0.2, 0.25) is 0 Å². The van der Waals surface area contributed by atoms with Crippen LogP contribution in [0.5, 0.6) is 11.5 Å². The number of hydrogen-bond acceptors (Lipinski definition) is 6. The Morgan fingerprint density at radius 2 is 1.83 bits per heavy atom. The molecule has 0 aliphatic rings. The molecule has 3 rings (SSSR count). The van der Waals surface area contributed by atoms with Crippen molar-refractivity contribution in [1.29, 1.82) is 0 Å². The van der Waals surface area contributed by atoms with Gasteiger partial charge in [-0.05, 0) is 45.0 Å². The van der Waals surface area contributed by atoms with Gasteiger partial charge in [0.25, 0.3) is 5.91 Å². The molecule has 1 aromatic carbocycles. The summed E-state index contributed by atoms with van der Waals surface area (Å²) in [7, 11) is 3.21. The van der Waals surface area contributed by atoms with Gasteiger partial charge in [0.05, 0.1) is 31.2 Å². The summed E-state index contributed by atoms with van der Waals surface area (Å²) in [5, 5.41) is 4.14. The molecule has 30 heavy (non-hydrogen) atoms. The van der Waals surface area contributed by atoms with Crippen LogP contribution in [0, 0.1) is 6.92 Å². The summed E-state index contributed by atoms with van der Waals surface area (Å²) in [6.07, 6.45) is 1.59. The van der Waals surface area contributed by atoms with E-state index in [1.807, 2.05) is 51.1 Å². The molecule has 0 spiro atoms. The fourth-order valence-corrected chi connectivity index (χ4v) is 3.20. The first kappa shape index (κ1) is 23.2. The predicted octanol–water partition coefficient (Wildman–Crippen LogP) is 4.60. The minimum atomic E-state index is -0.0886. The van der Waals surface area contributed by atoms with Gasteiger partial charge in [-0.3, -0.25) is 4.79 Å². The number of carbonyl (C=O) groups excluding carboxylic acids is 1. The summed E-state index contributed by atoms with van der Waals surface area (Å²) in [5.41, 5.74) is 3.25. The third-order valence-electron chi connectivity index (χ3n) is 4.82. The van der Waals surface area contributed by atoms with Crippen LogP contribution >= 0.6 is 12.4 Å². The molecule has 2 heterocycles. The zero-order valence-electron chi connectivity index (χ0n) is 17.9. The molecule has 0 saturated heterocycles. The Hall–Kier alpha value is -3.06. The zero-order chi connectivity index (χ0) is 21.0. The average Bonchev–Trinajstić information content (AvgIpc) is 2.74. The fraction of sp³-hybridized carbons (Fsp3) is 0.318. The summed E-state index contributed by atoms with van der Waals surface area (Å²) < 4.78 is 10.8. The lowest BCUT2D eigenvalue weighted by atomic mass is 10.1. The van der Waals surface area contributed by atoms with Crippen molar-refractivity contribution in [3.05, 3.63) is 47.8 Å². The summed E-state index contributed by atoms with van der Waals surface area (Å²) in [6, 6.07) is 9.31. The number of amides is 1. The monoisotopic (exact) mass is 430 g/mol. The van der Waals surface area contributed by atoms with E-state index >= 15 is 0 Å². The van der Waals surface area contributed by atoms with E-state index in [-0.39, 0.29) is 18.3 Å². The lowest BCUT2D eigenvalue weighted by Gasteiger charge is -2.22. The number of pyridine rings is 2. The number of hydrogen-bond donors (Lipinski definition) is 1. The van der Waals surface area contributed by atoms with Gasteiger partial charge in [0.1, 0.15) is 11.5 Å². The molecule has 0 saturated carbocycles. The van der Waals surface area contributed by atoms with Crippen molar-refractivity contribution in [2.45, 2.75) is 20.8 Å². The lowest BCUT2D eigenvalue weighted by molar-refractivity contribution is 0.0773. The maximum Gasteiger partial charge on any atom is 0.257 e. The topological polar surface area (TPSA) is 76.6 Å². The van der Waals surface area contributed by atoms with Crippen LogP contribution in [-0.2, 0) is 0 Å². The third-order valence-corrected chi connectivity index (χ3v) is 4.82. The number of aryl methyl sites for hydroxylation is 1. The SMILES string of the molecule is CCN(CC)C(=O)c1cnc2nc(C)ccc2c1Nc1cc(OC)ccc1OC.Cl. The smallest absolute Gasteiger partial charge is 0.257 e. The highest BCUT2D eigenvalue weighted by atomic mass is 35.5. The molecule has 1 amide bonds. The van der Waals surface area contributed by atoms with Crippen molar-refractivity contribution in [3.8, 4) is 11.5 Å². The second-order valence-corrected chi connectivity index (χ2v) is 6.54. The highest BCUT2D eigenvalue weighted by Crippen LogP contribution is 2.35. The number of rotatable bonds is 7. The molecular weight excluding hydrogens is 404 g/mol.